The van der Waals surface area contributed by atoms with Crippen molar-refractivity contribution in [2.45, 2.75) is 50.9 Å². The van der Waals surface area contributed by atoms with Crippen LogP contribution < -0.4 is 5.32 Å². The number of nitro benzene ring substituents is 1. The van der Waals surface area contributed by atoms with Gasteiger partial charge in [0, 0.05) is 18.2 Å². The fourth-order valence-electron chi connectivity index (χ4n) is 3.03. The van der Waals surface area contributed by atoms with Crippen LogP contribution in [0, 0.1) is 10.1 Å². The van der Waals surface area contributed by atoms with Crippen LogP contribution >= 0.6 is 0 Å². The van der Waals surface area contributed by atoms with Gasteiger partial charge in [0.25, 0.3) is 5.69 Å². The van der Waals surface area contributed by atoms with E-state index in [4.69, 9.17) is 0 Å². The van der Waals surface area contributed by atoms with Gasteiger partial charge in [-0.1, -0.05) is 6.92 Å². The number of nitrogens with one attached hydrogen (secondary N) is 1. The molecule has 2 aliphatic rings. The normalized spacial score (nSPS) is 26.0. The second kappa shape index (κ2) is 5.44. The standard InChI is InChI=1S/C15H19N3O3/c1-2-13-15(19)17(11-4-3-5-11)14(16-13)10-6-8-12(9-7-10)18(20)21/h6-9,11,13-14,16H,2-5H2,1H3. The van der Waals surface area contributed by atoms with Crippen LogP contribution in [0.3, 0.4) is 0 Å². The Morgan fingerprint density at radius 3 is 2.48 bits per heavy atom. The van der Waals surface area contributed by atoms with Crippen LogP contribution in [0.25, 0.3) is 0 Å². The summed E-state index contributed by atoms with van der Waals surface area (Å²) < 4.78 is 0. The Kier molecular flexibility index (Phi) is 3.63. The van der Waals surface area contributed by atoms with E-state index in [1.807, 2.05) is 11.8 Å². The number of benzene rings is 1. The number of nitrogens with zero attached hydrogens (tertiary/aromatic N) is 2. The van der Waals surface area contributed by atoms with E-state index in [2.05, 4.69) is 5.32 Å². The third-order valence-electron chi connectivity index (χ3n) is 4.49. The molecular weight excluding hydrogens is 270 g/mol. The molecule has 1 aromatic carbocycles. The smallest absolute Gasteiger partial charge is 0.269 e. The summed E-state index contributed by atoms with van der Waals surface area (Å²) in [6.45, 7) is 1.99. The predicted octanol–water partition coefficient (Wildman–Crippen LogP) is 2.36. The van der Waals surface area contributed by atoms with Gasteiger partial charge in [-0.25, -0.2) is 0 Å². The average Bonchev–Trinajstić information content (AvgIpc) is 2.75. The van der Waals surface area contributed by atoms with Gasteiger partial charge in [-0.15, -0.1) is 0 Å². The molecule has 1 N–H and O–H groups in total. The minimum atomic E-state index is -0.407. The van der Waals surface area contributed by atoms with Crippen LogP contribution in [-0.4, -0.2) is 27.8 Å². The fourth-order valence-corrected chi connectivity index (χ4v) is 3.03. The van der Waals surface area contributed by atoms with Gasteiger partial charge in [-0.2, -0.15) is 0 Å². The Bertz CT molecular complexity index is 554. The van der Waals surface area contributed by atoms with Crippen molar-refractivity contribution in [3.05, 3.63) is 39.9 Å². The highest BCUT2D eigenvalue weighted by molar-refractivity contribution is 5.85. The summed E-state index contributed by atoms with van der Waals surface area (Å²) in [6, 6.07) is 6.64. The molecule has 1 saturated heterocycles. The molecule has 2 atom stereocenters. The molecule has 1 amide bonds. The highest BCUT2D eigenvalue weighted by atomic mass is 16.6. The van der Waals surface area contributed by atoms with Crippen LogP contribution in [0.5, 0.6) is 0 Å². The molecule has 2 fully saturated rings. The highest BCUT2D eigenvalue weighted by Gasteiger charge is 2.43. The summed E-state index contributed by atoms with van der Waals surface area (Å²) in [5, 5.41) is 14.1. The van der Waals surface area contributed by atoms with Crippen LogP contribution in [0.4, 0.5) is 5.69 Å². The Balaban J connectivity index is 1.87. The molecule has 0 bridgehead atoms. The van der Waals surface area contributed by atoms with Crippen molar-refractivity contribution in [3.8, 4) is 0 Å². The van der Waals surface area contributed by atoms with Gasteiger partial charge in [0.1, 0.15) is 6.17 Å². The van der Waals surface area contributed by atoms with Crippen LogP contribution in [0.15, 0.2) is 24.3 Å². The quantitative estimate of drug-likeness (QED) is 0.682. The van der Waals surface area contributed by atoms with Crippen molar-refractivity contribution in [2.75, 3.05) is 0 Å². The Morgan fingerprint density at radius 1 is 1.33 bits per heavy atom. The number of carbonyl (C=O) groups excluding carboxylic acids is 1. The number of carbonyl (C=O) groups is 1. The topological polar surface area (TPSA) is 75.5 Å². The number of nitro groups is 1. The van der Waals surface area contributed by atoms with E-state index in [-0.39, 0.29) is 23.8 Å². The van der Waals surface area contributed by atoms with E-state index in [0.29, 0.717) is 6.04 Å². The van der Waals surface area contributed by atoms with Crippen LogP contribution in [-0.2, 0) is 4.79 Å². The highest BCUT2D eigenvalue weighted by Crippen LogP contribution is 2.36. The molecule has 1 aliphatic carbocycles. The Hall–Kier alpha value is -1.95. The second-order valence-corrected chi connectivity index (χ2v) is 5.71. The number of hydrogen-bond acceptors (Lipinski definition) is 4. The van der Waals surface area contributed by atoms with Crippen molar-refractivity contribution in [1.29, 1.82) is 0 Å². The molecule has 6 heteroatoms. The summed E-state index contributed by atoms with van der Waals surface area (Å²) in [6.07, 6.45) is 3.86. The molecule has 1 aromatic rings. The summed E-state index contributed by atoms with van der Waals surface area (Å²) in [7, 11) is 0. The number of rotatable bonds is 4. The summed E-state index contributed by atoms with van der Waals surface area (Å²) >= 11 is 0. The molecule has 0 spiro atoms. The van der Waals surface area contributed by atoms with Crippen molar-refractivity contribution < 1.29 is 9.72 Å². The SMILES string of the molecule is CCC1NC(c2ccc([N+](=O)[O-])cc2)N(C2CCC2)C1=O. The first-order valence-corrected chi connectivity index (χ1v) is 7.44. The molecule has 1 heterocycles. The lowest BCUT2D eigenvalue weighted by molar-refractivity contribution is -0.384. The zero-order valence-electron chi connectivity index (χ0n) is 12.0. The molecular formula is C15H19N3O3. The Labute approximate surface area is 123 Å². The van der Waals surface area contributed by atoms with Crippen molar-refractivity contribution >= 4 is 11.6 Å². The van der Waals surface area contributed by atoms with Crippen LogP contribution in [0.1, 0.15) is 44.3 Å². The third-order valence-corrected chi connectivity index (χ3v) is 4.49. The fraction of sp³-hybridized carbons (Fsp3) is 0.533. The van der Waals surface area contributed by atoms with Gasteiger partial charge < -0.3 is 4.90 Å². The van der Waals surface area contributed by atoms with Gasteiger partial charge in [-0.05, 0) is 43.4 Å². The molecule has 0 aromatic heterocycles. The molecule has 1 saturated carbocycles. The minimum absolute atomic E-state index is 0.0744. The minimum Gasteiger partial charge on any atom is -0.319 e. The largest absolute Gasteiger partial charge is 0.319 e. The van der Waals surface area contributed by atoms with Gasteiger partial charge in [-0.3, -0.25) is 20.2 Å². The third kappa shape index (κ3) is 2.40. The van der Waals surface area contributed by atoms with Crippen molar-refractivity contribution in [3.63, 3.8) is 0 Å². The number of amides is 1. The van der Waals surface area contributed by atoms with E-state index in [1.54, 1.807) is 12.1 Å². The molecule has 6 nitrogen and oxygen atoms in total. The maximum atomic E-state index is 12.5. The average molecular weight is 289 g/mol. The van der Waals surface area contributed by atoms with Crippen LogP contribution in [0.2, 0.25) is 0 Å². The van der Waals surface area contributed by atoms with E-state index < -0.39 is 4.92 Å². The molecule has 1 aliphatic heterocycles. The zero-order valence-corrected chi connectivity index (χ0v) is 12.0. The van der Waals surface area contributed by atoms with E-state index >= 15 is 0 Å². The second-order valence-electron chi connectivity index (χ2n) is 5.71. The zero-order chi connectivity index (χ0) is 15.0. The van der Waals surface area contributed by atoms with E-state index in [9.17, 15) is 14.9 Å². The lowest BCUT2D eigenvalue weighted by atomic mass is 9.90. The Morgan fingerprint density at radius 2 is 2.00 bits per heavy atom. The lowest BCUT2D eigenvalue weighted by Crippen LogP contribution is -2.44. The maximum absolute atomic E-state index is 12.5. The number of hydrogen-bond donors (Lipinski definition) is 1. The first-order valence-electron chi connectivity index (χ1n) is 7.44. The van der Waals surface area contributed by atoms with Gasteiger partial charge in [0.05, 0.1) is 11.0 Å². The van der Waals surface area contributed by atoms with E-state index in [0.717, 1.165) is 31.2 Å². The van der Waals surface area contributed by atoms with Crippen molar-refractivity contribution in [2.24, 2.45) is 0 Å². The molecule has 2 unspecified atom stereocenters. The van der Waals surface area contributed by atoms with Gasteiger partial charge >= 0.3 is 0 Å². The summed E-state index contributed by atoms with van der Waals surface area (Å²) in [5.74, 6) is 0.158. The van der Waals surface area contributed by atoms with E-state index in [1.165, 1.54) is 12.1 Å². The van der Waals surface area contributed by atoms with Gasteiger partial charge in [0.2, 0.25) is 5.91 Å². The monoisotopic (exact) mass is 289 g/mol. The number of non-ortho nitro benzene ring substituents is 1. The molecule has 21 heavy (non-hydrogen) atoms. The predicted molar refractivity (Wildman–Crippen MR) is 77.5 cm³/mol. The first kappa shape index (κ1) is 14.0. The molecule has 112 valence electrons. The van der Waals surface area contributed by atoms with Gasteiger partial charge in [0.15, 0.2) is 0 Å². The molecule has 0 radical (unpaired) electrons. The summed E-state index contributed by atoms with van der Waals surface area (Å²) in [5.41, 5.74) is 0.988. The molecule has 3 rings (SSSR count). The van der Waals surface area contributed by atoms with Crippen molar-refractivity contribution in [1.82, 2.24) is 10.2 Å². The summed E-state index contributed by atoms with van der Waals surface area (Å²) in [4.78, 5) is 24.8. The maximum Gasteiger partial charge on any atom is 0.269 e. The first-order chi connectivity index (χ1) is 10.1. The lowest BCUT2D eigenvalue weighted by Gasteiger charge is -2.38.